The number of anilines is 1. The van der Waals surface area contributed by atoms with E-state index in [1.165, 1.54) is 18.2 Å². The first-order valence-electron chi connectivity index (χ1n) is 7.00. The van der Waals surface area contributed by atoms with Gasteiger partial charge in [-0.3, -0.25) is 9.89 Å². The molecule has 1 aliphatic heterocycles. The van der Waals surface area contributed by atoms with E-state index in [2.05, 4.69) is 15.5 Å². The van der Waals surface area contributed by atoms with Crippen LogP contribution in [-0.2, 0) is 22.6 Å². The van der Waals surface area contributed by atoms with Gasteiger partial charge in [-0.2, -0.15) is 5.10 Å². The molecule has 6 nitrogen and oxygen atoms in total. The van der Waals surface area contributed by atoms with Crippen molar-refractivity contribution in [3.8, 4) is 0 Å². The number of nitrogens with one attached hydrogen (secondary N) is 2. The Bertz CT molecular complexity index is 686. The summed E-state index contributed by atoms with van der Waals surface area (Å²) in [6.07, 6.45) is -0.516. The Hall–Kier alpha value is -2.25. The molecule has 0 spiro atoms. The van der Waals surface area contributed by atoms with E-state index in [1.54, 1.807) is 6.07 Å². The first-order valence-corrected chi connectivity index (χ1v) is 7.00. The van der Waals surface area contributed by atoms with Gasteiger partial charge in [0.1, 0.15) is 5.82 Å². The van der Waals surface area contributed by atoms with Crippen LogP contribution in [0, 0.1) is 5.82 Å². The highest BCUT2D eigenvalue weighted by Gasteiger charge is 2.20. The Morgan fingerprint density at radius 1 is 1.55 bits per heavy atom. The maximum Gasteiger partial charge on any atom is 0.228 e. The van der Waals surface area contributed by atoms with Crippen molar-refractivity contribution in [1.29, 1.82) is 0 Å². The Morgan fingerprint density at radius 2 is 2.41 bits per heavy atom. The monoisotopic (exact) mass is 305 g/mol. The molecule has 0 saturated carbocycles. The Labute approximate surface area is 126 Å². The predicted molar refractivity (Wildman–Crippen MR) is 76.6 cm³/mol. The molecule has 2 aromatic rings. The van der Waals surface area contributed by atoms with E-state index in [0.717, 1.165) is 17.7 Å². The van der Waals surface area contributed by atoms with E-state index in [0.29, 0.717) is 24.6 Å². The number of benzene rings is 1. The predicted octanol–water partition coefficient (Wildman–Crippen LogP) is 1.68. The molecule has 0 saturated heterocycles. The fraction of sp³-hybridized carbons (Fsp3) is 0.333. The highest BCUT2D eigenvalue weighted by Crippen LogP contribution is 2.23. The lowest BCUT2D eigenvalue weighted by atomic mass is 10.1. The highest BCUT2D eigenvalue weighted by atomic mass is 19.1. The van der Waals surface area contributed by atoms with E-state index >= 15 is 0 Å². The van der Waals surface area contributed by atoms with Crippen LogP contribution in [0.1, 0.15) is 29.3 Å². The zero-order chi connectivity index (χ0) is 15.5. The molecule has 7 heteroatoms. The Kier molecular flexibility index (Phi) is 4.17. The van der Waals surface area contributed by atoms with Crippen molar-refractivity contribution in [3.05, 3.63) is 46.9 Å². The summed E-state index contributed by atoms with van der Waals surface area (Å²) in [7, 11) is 0. The zero-order valence-electron chi connectivity index (χ0n) is 11.8. The molecule has 1 aliphatic rings. The van der Waals surface area contributed by atoms with Crippen LogP contribution in [0.2, 0.25) is 0 Å². The van der Waals surface area contributed by atoms with Crippen molar-refractivity contribution < 1.29 is 19.0 Å². The average molecular weight is 305 g/mol. The van der Waals surface area contributed by atoms with Crippen LogP contribution in [0.3, 0.4) is 0 Å². The molecule has 2 heterocycles. The number of H-pyrrole nitrogens is 1. The number of ether oxygens (including phenoxy) is 1. The molecule has 1 amide bonds. The molecule has 1 unspecified atom stereocenters. The SMILES string of the molecule is O=C(CC(O)c1cccc(F)c1)Nc1n[nH]c2c1COCC2. The number of carbonyl (C=O) groups is 1. The second-order valence-corrected chi connectivity index (χ2v) is 5.16. The van der Waals surface area contributed by atoms with E-state index < -0.39 is 17.8 Å². The summed E-state index contributed by atoms with van der Waals surface area (Å²) in [6.45, 7) is 1.02. The topological polar surface area (TPSA) is 87.2 Å². The third-order valence-corrected chi connectivity index (χ3v) is 3.57. The molecule has 3 N–H and O–H groups in total. The number of halogens is 1. The summed E-state index contributed by atoms with van der Waals surface area (Å²) >= 11 is 0. The van der Waals surface area contributed by atoms with Gasteiger partial charge in [-0.25, -0.2) is 4.39 Å². The minimum atomic E-state index is -1.07. The number of hydrogen-bond donors (Lipinski definition) is 3. The quantitative estimate of drug-likeness (QED) is 0.802. The first kappa shape index (κ1) is 14.7. The number of aromatic nitrogens is 2. The van der Waals surface area contributed by atoms with Gasteiger partial charge in [-0.15, -0.1) is 0 Å². The van der Waals surface area contributed by atoms with Crippen molar-refractivity contribution in [2.75, 3.05) is 11.9 Å². The van der Waals surface area contributed by atoms with Crippen molar-refractivity contribution in [2.24, 2.45) is 0 Å². The summed E-state index contributed by atoms with van der Waals surface area (Å²) in [4.78, 5) is 12.0. The van der Waals surface area contributed by atoms with Gasteiger partial charge in [0.15, 0.2) is 5.82 Å². The summed E-state index contributed by atoms with van der Waals surface area (Å²) in [6, 6.07) is 5.56. The normalized spacial score (nSPS) is 15.2. The molecule has 1 aromatic carbocycles. The van der Waals surface area contributed by atoms with Gasteiger partial charge < -0.3 is 15.2 Å². The summed E-state index contributed by atoms with van der Waals surface area (Å²) in [5, 5.41) is 19.6. The Balaban J connectivity index is 1.64. The van der Waals surface area contributed by atoms with Gasteiger partial charge in [0, 0.05) is 17.7 Å². The molecular formula is C15H16FN3O3. The number of fused-ring (bicyclic) bond motifs is 1. The number of aromatic amines is 1. The molecule has 0 bridgehead atoms. The van der Waals surface area contributed by atoms with Crippen LogP contribution < -0.4 is 5.32 Å². The van der Waals surface area contributed by atoms with Crippen molar-refractivity contribution in [2.45, 2.75) is 25.6 Å². The third-order valence-electron chi connectivity index (χ3n) is 3.57. The van der Waals surface area contributed by atoms with Gasteiger partial charge in [0.25, 0.3) is 0 Å². The van der Waals surface area contributed by atoms with Crippen molar-refractivity contribution in [1.82, 2.24) is 10.2 Å². The third kappa shape index (κ3) is 3.15. The van der Waals surface area contributed by atoms with Crippen molar-refractivity contribution >= 4 is 11.7 Å². The number of carbonyl (C=O) groups excluding carboxylic acids is 1. The lowest BCUT2D eigenvalue weighted by molar-refractivity contribution is -0.118. The fourth-order valence-corrected chi connectivity index (χ4v) is 2.41. The number of aliphatic hydroxyl groups excluding tert-OH is 1. The van der Waals surface area contributed by atoms with Crippen LogP contribution in [0.4, 0.5) is 10.2 Å². The lowest BCUT2D eigenvalue weighted by Gasteiger charge is -2.14. The van der Waals surface area contributed by atoms with Crippen LogP contribution in [0.5, 0.6) is 0 Å². The van der Waals surface area contributed by atoms with E-state index in [1.807, 2.05) is 0 Å². The number of aliphatic hydroxyl groups is 1. The number of rotatable bonds is 4. The molecule has 1 aromatic heterocycles. The summed E-state index contributed by atoms with van der Waals surface area (Å²) in [5.74, 6) is -0.418. The van der Waals surface area contributed by atoms with E-state index in [9.17, 15) is 14.3 Å². The first-order chi connectivity index (χ1) is 10.6. The largest absolute Gasteiger partial charge is 0.388 e. The molecule has 1 atom stereocenters. The standard InChI is InChI=1S/C15H16FN3O3/c16-10-3-1-2-9(6-10)13(20)7-14(21)17-15-11-8-22-5-4-12(11)18-19-15/h1-3,6,13,20H,4-5,7-8H2,(H2,17,18,19,21). The maximum atomic E-state index is 13.1. The summed E-state index contributed by atoms with van der Waals surface area (Å²) in [5.41, 5.74) is 2.15. The van der Waals surface area contributed by atoms with E-state index in [-0.39, 0.29) is 6.42 Å². The highest BCUT2D eigenvalue weighted by molar-refractivity contribution is 5.91. The number of amides is 1. The molecule has 22 heavy (non-hydrogen) atoms. The van der Waals surface area contributed by atoms with Gasteiger partial charge in [-0.1, -0.05) is 12.1 Å². The second kappa shape index (κ2) is 6.25. The molecule has 0 fully saturated rings. The zero-order valence-corrected chi connectivity index (χ0v) is 11.8. The van der Waals surface area contributed by atoms with Crippen LogP contribution >= 0.6 is 0 Å². The van der Waals surface area contributed by atoms with Crippen LogP contribution in [0.15, 0.2) is 24.3 Å². The fourth-order valence-electron chi connectivity index (χ4n) is 2.41. The maximum absolute atomic E-state index is 13.1. The van der Waals surface area contributed by atoms with Crippen molar-refractivity contribution in [3.63, 3.8) is 0 Å². The molecule has 0 radical (unpaired) electrons. The van der Waals surface area contributed by atoms with Gasteiger partial charge in [-0.05, 0) is 17.7 Å². The van der Waals surface area contributed by atoms with Gasteiger partial charge >= 0.3 is 0 Å². The number of hydrogen-bond acceptors (Lipinski definition) is 4. The molecule has 0 aliphatic carbocycles. The summed E-state index contributed by atoms with van der Waals surface area (Å²) < 4.78 is 18.5. The van der Waals surface area contributed by atoms with Gasteiger partial charge in [0.2, 0.25) is 5.91 Å². The molecular weight excluding hydrogens is 289 g/mol. The number of nitrogens with zero attached hydrogens (tertiary/aromatic N) is 1. The molecule has 3 rings (SSSR count). The minimum Gasteiger partial charge on any atom is -0.388 e. The van der Waals surface area contributed by atoms with Crippen LogP contribution in [0.25, 0.3) is 0 Å². The second-order valence-electron chi connectivity index (χ2n) is 5.16. The Morgan fingerprint density at radius 3 is 3.23 bits per heavy atom. The minimum absolute atomic E-state index is 0.175. The molecule has 116 valence electrons. The lowest BCUT2D eigenvalue weighted by Crippen LogP contribution is -2.18. The van der Waals surface area contributed by atoms with E-state index in [4.69, 9.17) is 4.74 Å². The smallest absolute Gasteiger partial charge is 0.228 e. The average Bonchev–Trinajstić information content (AvgIpc) is 2.90. The van der Waals surface area contributed by atoms with Crippen LogP contribution in [-0.4, -0.2) is 27.8 Å². The van der Waals surface area contributed by atoms with Gasteiger partial charge in [0.05, 0.1) is 25.7 Å².